The molecule has 5 heterocycles. The van der Waals surface area contributed by atoms with E-state index in [9.17, 15) is 20.1 Å². The van der Waals surface area contributed by atoms with Gasteiger partial charge in [-0.1, -0.05) is 147 Å². The number of piperazine rings is 1. The molecule has 4 bridgehead atoms. The summed E-state index contributed by atoms with van der Waals surface area (Å²) in [6, 6.07) is 37.1. The molecule has 72 heavy (non-hydrogen) atoms. The summed E-state index contributed by atoms with van der Waals surface area (Å²) in [7, 11) is 1.57. The van der Waals surface area contributed by atoms with E-state index in [0.717, 1.165) is 83.8 Å². The van der Waals surface area contributed by atoms with Crippen LogP contribution in [-0.4, -0.2) is 84.6 Å². The Balaban J connectivity index is 1.09. The van der Waals surface area contributed by atoms with Crippen LogP contribution in [0.3, 0.4) is 0 Å². The van der Waals surface area contributed by atoms with E-state index in [0.29, 0.717) is 47.6 Å². The SMILES string of the molecule is CCc1cc2c([n-]1)N1CCNC[C@@H]1C1(CCCCC1)c1ccc(cc1)C[C@@H](CO)COc1c(c3c(c(OCC[C@@H](O)/C=C/c4ccccc4)c1OC)C(=[OH+])CC(c1ccc(O)cc1)O3)CCc1cccc-2c1. The maximum absolute atomic E-state index is 12.2. The number of aromatic nitrogens is 1. The highest BCUT2D eigenvalue weighted by atomic mass is 16.5. The van der Waals surface area contributed by atoms with Crippen LogP contribution in [0.4, 0.5) is 5.82 Å². The third-order valence-corrected chi connectivity index (χ3v) is 15.5. The number of ether oxygens (including phenoxy) is 4. The maximum atomic E-state index is 12.2. The van der Waals surface area contributed by atoms with Gasteiger partial charge in [-0.3, -0.25) is 4.79 Å². The summed E-state index contributed by atoms with van der Waals surface area (Å²) in [4.78, 5) is 20.3. The van der Waals surface area contributed by atoms with Crippen LogP contribution in [0.15, 0.2) is 115 Å². The van der Waals surface area contributed by atoms with Gasteiger partial charge in [0.15, 0.2) is 17.1 Å². The molecule has 1 aliphatic carbocycles. The van der Waals surface area contributed by atoms with Crippen molar-refractivity contribution in [3.05, 3.63) is 160 Å². The van der Waals surface area contributed by atoms with Gasteiger partial charge in [0, 0.05) is 24.5 Å². The van der Waals surface area contributed by atoms with Gasteiger partial charge in [-0.05, 0) is 121 Å². The molecule has 376 valence electrons. The molecule has 1 saturated heterocycles. The zero-order valence-corrected chi connectivity index (χ0v) is 41.7. The van der Waals surface area contributed by atoms with Crippen molar-refractivity contribution in [2.24, 2.45) is 5.92 Å². The van der Waals surface area contributed by atoms with E-state index in [4.69, 9.17) is 23.9 Å². The van der Waals surface area contributed by atoms with E-state index < -0.39 is 12.2 Å². The summed E-state index contributed by atoms with van der Waals surface area (Å²) >= 11 is 0. The molecule has 5 aliphatic rings. The van der Waals surface area contributed by atoms with Crippen LogP contribution in [0.5, 0.6) is 28.7 Å². The molecule has 6 aromatic rings. The molecule has 2 fully saturated rings. The molecule has 0 amide bonds. The van der Waals surface area contributed by atoms with E-state index in [1.54, 1.807) is 37.5 Å². The van der Waals surface area contributed by atoms with Crippen molar-refractivity contribution in [1.82, 2.24) is 10.3 Å². The van der Waals surface area contributed by atoms with Crippen molar-refractivity contribution in [3.8, 4) is 39.9 Å². The molecular weight excluding hydrogens is 903 g/mol. The number of anilines is 1. The van der Waals surface area contributed by atoms with Crippen LogP contribution in [0, 0.1) is 5.92 Å². The molecular formula is C61H69N3O8. The van der Waals surface area contributed by atoms with E-state index in [1.165, 1.54) is 24.8 Å². The molecule has 11 heteroatoms. The first-order valence-corrected chi connectivity index (χ1v) is 26.1. The monoisotopic (exact) mass is 972 g/mol. The number of benzene rings is 5. The third-order valence-electron chi connectivity index (χ3n) is 15.5. The highest BCUT2D eigenvalue weighted by molar-refractivity contribution is 6.05. The second kappa shape index (κ2) is 22.1. The molecule has 1 aromatic heterocycles. The van der Waals surface area contributed by atoms with Crippen molar-refractivity contribution in [1.29, 1.82) is 0 Å². The Bertz CT molecular complexity index is 2830. The molecule has 4 aliphatic heterocycles. The predicted octanol–water partition coefficient (Wildman–Crippen LogP) is 9.86. The van der Waals surface area contributed by atoms with Crippen LogP contribution in [0.1, 0.15) is 103 Å². The fourth-order valence-corrected chi connectivity index (χ4v) is 11.7. The number of aromatic hydroxyl groups is 1. The minimum absolute atomic E-state index is 0.0552. The van der Waals surface area contributed by atoms with E-state index >= 15 is 0 Å². The first-order chi connectivity index (χ1) is 35.2. The first kappa shape index (κ1) is 49.1. The Hall–Kier alpha value is -6.53. The van der Waals surface area contributed by atoms with E-state index in [2.05, 4.69) is 71.7 Å². The number of carbonyl (C=O) groups excluding carboxylic acids is 1. The fraction of sp³-hybridized carbons (Fsp3) is 0.393. The number of hydrogen-bond donors (Lipinski definition) is 4. The first-order valence-electron chi connectivity index (χ1n) is 26.1. The smallest absolute Gasteiger partial charge is 0.335 e. The maximum Gasteiger partial charge on any atom is 0.335 e. The number of aryl methyl sites for hydroxylation is 2. The number of phenols is 1. The lowest BCUT2D eigenvalue weighted by Gasteiger charge is -2.56. The molecule has 0 radical (unpaired) electrons. The summed E-state index contributed by atoms with van der Waals surface area (Å²) < 4.78 is 26.9. The summed E-state index contributed by atoms with van der Waals surface area (Å²) in [6.45, 7) is 4.97. The third kappa shape index (κ3) is 10.2. The number of aliphatic hydroxyl groups is 2. The van der Waals surface area contributed by atoms with Gasteiger partial charge in [0.1, 0.15) is 24.0 Å². The molecule has 1 saturated carbocycles. The lowest BCUT2D eigenvalue weighted by atomic mass is 9.64. The van der Waals surface area contributed by atoms with Gasteiger partial charge in [-0.2, -0.15) is 0 Å². The Morgan fingerprint density at radius 3 is 2.47 bits per heavy atom. The number of hydrogen-bond acceptors (Lipinski definition) is 9. The molecule has 5 aromatic carbocycles. The topological polar surface area (TPSA) is 148 Å². The number of nitrogens with one attached hydrogen (secondary N) is 1. The minimum Gasteiger partial charge on any atom is -0.508 e. The van der Waals surface area contributed by atoms with Gasteiger partial charge < -0.3 is 49.5 Å². The normalized spacial score (nSPS) is 20.4. The molecule has 11 nitrogen and oxygen atoms in total. The average Bonchev–Trinajstić information content (AvgIpc) is 3.86. The highest BCUT2D eigenvalue weighted by Gasteiger charge is 2.44. The molecule has 1 spiro atoms. The van der Waals surface area contributed by atoms with Crippen molar-refractivity contribution in [2.75, 3.05) is 51.5 Å². The largest absolute Gasteiger partial charge is 0.508 e. The van der Waals surface area contributed by atoms with E-state index in [1.807, 2.05) is 36.4 Å². The van der Waals surface area contributed by atoms with Crippen LogP contribution in [0.25, 0.3) is 17.2 Å². The lowest BCUT2D eigenvalue weighted by molar-refractivity contribution is 0.153. The van der Waals surface area contributed by atoms with Crippen molar-refractivity contribution < 1.29 is 39.1 Å². The molecule has 4 atom stereocenters. The minimum atomic E-state index is -0.806. The summed E-state index contributed by atoms with van der Waals surface area (Å²) in [5.74, 6) is 2.36. The summed E-state index contributed by atoms with van der Waals surface area (Å²) in [5.41, 5.74) is 9.71. The Morgan fingerprint density at radius 2 is 1.71 bits per heavy atom. The second-order valence-corrected chi connectivity index (χ2v) is 20.1. The average molecular weight is 972 g/mol. The van der Waals surface area contributed by atoms with E-state index in [-0.39, 0.29) is 67.3 Å². The fourth-order valence-electron chi connectivity index (χ4n) is 11.7. The van der Waals surface area contributed by atoms with Gasteiger partial charge in [-0.25, -0.2) is 0 Å². The van der Waals surface area contributed by atoms with Crippen LogP contribution < -0.4 is 34.1 Å². The Morgan fingerprint density at radius 1 is 0.903 bits per heavy atom. The number of phenolic OH excluding ortho intramolecular Hbond substituents is 1. The van der Waals surface area contributed by atoms with Crippen molar-refractivity contribution >= 4 is 17.7 Å². The highest BCUT2D eigenvalue weighted by Crippen LogP contribution is 2.54. The van der Waals surface area contributed by atoms with Gasteiger partial charge in [0.25, 0.3) is 0 Å². The standard InChI is InChI=1S/C61H68N3O8/c1-3-47-35-51-45-14-10-13-41(34-45)18-26-50-56-55(52(68)36-53(72-56)44-19-24-48(66)25-20-44)58(70-32-27-49(67)23-17-40-11-6-4-7-12-40)59(69-2)57(50)71-39-43(38-65)33-42-15-21-46(22-16-42)61(28-8-5-9-29-61)54-37-62-30-31-64(54)60(51)63-47/h4,6-7,10-17,19-25,34-35,43,49,53-54,62,65-67H,3,5,8-9,18,26-33,36-39H2,1-2H3/q-1/p+1/b23-17+/t43-,49-,53?,54+/m0/s1. The number of nitrogens with zero attached hydrogens (tertiary/aromatic N) is 2. The van der Waals surface area contributed by atoms with Crippen molar-refractivity contribution in [2.45, 2.75) is 101 Å². The number of fused-ring (bicyclic) bond motifs is 7. The molecule has 11 rings (SSSR count). The van der Waals surface area contributed by atoms with Crippen molar-refractivity contribution in [3.63, 3.8) is 0 Å². The van der Waals surface area contributed by atoms with Crippen LogP contribution in [0.2, 0.25) is 0 Å². The lowest BCUT2D eigenvalue weighted by Crippen LogP contribution is -2.61. The number of ketones is 1. The predicted molar refractivity (Wildman–Crippen MR) is 284 cm³/mol. The quantitative estimate of drug-likeness (QED) is 0.0979. The Kier molecular flexibility index (Phi) is 15.0. The zero-order chi connectivity index (χ0) is 49.6. The summed E-state index contributed by atoms with van der Waals surface area (Å²) in [6.07, 6.45) is 10.9. The molecule has 1 unspecified atom stereocenters. The number of methoxy groups -OCH3 is 1. The number of aliphatic hydroxyl groups excluding tert-OH is 2. The van der Waals surface area contributed by atoms with Gasteiger partial charge in [-0.15, -0.1) is 0 Å². The van der Waals surface area contributed by atoms with Gasteiger partial charge in [0.05, 0.1) is 26.4 Å². The van der Waals surface area contributed by atoms with Crippen LogP contribution in [-0.2, 0) is 31.1 Å². The van der Waals surface area contributed by atoms with Gasteiger partial charge in [0.2, 0.25) is 5.75 Å². The van der Waals surface area contributed by atoms with Gasteiger partial charge >= 0.3 is 5.78 Å². The number of rotatable bonds is 10. The molecule has 5 N–H and O–H groups in total. The van der Waals surface area contributed by atoms with Crippen LogP contribution >= 0.6 is 0 Å². The zero-order valence-electron chi connectivity index (χ0n) is 41.7. The second-order valence-electron chi connectivity index (χ2n) is 20.1. The summed E-state index contributed by atoms with van der Waals surface area (Å²) in [5, 5.41) is 36.1. The Labute approximate surface area is 423 Å².